The number of carbonyl (C=O) groups excluding carboxylic acids is 1. The van der Waals surface area contributed by atoms with Crippen molar-refractivity contribution in [3.05, 3.63) is 66.2 Å². The monoisotopic (exact) mass is 330 g/mol. The predicted molar refractivity (Wildman–Crippen MR) is 91.5 cm³/mol. The molecular weight excluding hydrogens is 316 g/mol. The number of benzene rings is 2. The van der Waals surface area contributed by atoms with Gasteiger partial charge in [-0.2, -0.15) is 10.2 Å². The summed E-state index contributed by atoms with van der Waals surface area (Å²) in [5.74, 6) is -0.264. The summed E-state index contributed by atoms with van der Waals surface area (Å²) >= 11 is 6.58. The zero-order chi connectivity index (χ0) is 15.7. The summed E-state index contributed by atoms with van der Waals surface area (Å²) in [6.45, 7) is 1.82. The Morgan fingerprint density at radius 2 is 1.64 bits per heavy atom. The van der Waals surface area contributed by atoms with Crippen LogP contribution in [-0.4, -0.2) is 20.4 Å². The largest absolute Gasteiger partial charge is 0.270 e. The fourth-order valence-electron chi connectivity index (χ4n) is 2.33. The van der Waals surface area contributed by atoms with Crippen LogP contribution in [0.3, 0.4) is 0 Å². The third-order valence-electron chi connectivity index (χ3n) is 3.57. The van der Waals surface area contributed by atoms with Crippen molar-refractivity contribution in [2.24, 2.45) is 0 Å². The van der Waals surface area contributed by atoms with E-state index in [-0.39, 0.29) is 5.91 Å². The second kappa shape index (κ2) is 5.72. The highest BCUT2D eigenvalue weighted by molar-refractivity contribution is 8.24. The quantitative estimate of drug-likeness (QED) is 0.688. The van der Waals surface area contributed by atoms with E-state index >= 15 is 0 Å². The number of anilines is 1. The molecule has 3 rings (SSSR count). The molecule has 0 aliphatic carbocycles. The van der Waals surface area contributed by atoms with Crippen molar-refractivity contribution < 1.29 is 10.0 Å². The molecule has 1 amide bonds. The number of thiocarbonyl (C=S) groups is 1. The molecule has 1 fully saturated rings. The van der Waals surface area contributed by atoms with Crippen molar-refractivity contribution in [3.63, 3.8) is 0 Å². The van der Waals surface area contributed by atoms with E-state index in [4.69, 9.17) is 12.2 Å². The summed E-state index contributed by atoms with van der Waals surface area (Å²) in [6, 6.07) is 18.3. The van der Waals surface area contributed by atoms with Crippen molar-refractivity contribution in [3.8, 4) is 0 Å². The first-order chi connectivity index (χ1) is 10.5. The van der Waals surface area contributed by atoms with Gasteiger partial charge in [-0.15, -0.1) is 0 Å². The molecule has 0 spiro atoms. The smallest absolute Gasteiger partial charge is 0.269 e. The molecule has 0 bridgehead atoms. The molecular formula is C16H14N2O2S2. The minimum Gasteiger partial charge on any atom is -0.270 e. The lowest BCUT2D eigenvalue weighted by molar-refractivity contribution is -0.132. The minimum atomic E-state index is -0.839. The lowest BCUT2D eigenvalue weighted by Crippen LogP contribution is -2.46. The van der Waals surface area contributed by atoms with Gasteiger partial charge in [0.15, 0.2) is 4.32 Å². The lowest BCUT2D eigenvalue weighted by Gasteiger charge is -2.27. The van der Waals surface area contributed by atoms with Crippen LogP contribution in [0, 0.1) is 0 Å². The molecule has 112 valence electrons. The van der Waals surface area contributed by atoms with Crippen molar-refractivity contribution in [2.75, 3.05) is 5.17 Å². The molecule has 22 heavy (non-hydrogen) atoms. The topological polar surface area (TPSA) is 43.8 Å². The lowest BCUT2D eigenvalue weighted by atomic mass is 9.99. The number of hydrazine groups is 1. The number of nitrogens with zero attached hydrogens (tertiary/aromatic N) is 2. The zero-order valence-electron chi connectivity index (χ0n) is 11.8. The van der Waals surface area contributed by atoms with E-state index < -0.39 is 4.75 Å². The van der Waals surface area contributed by atoms with Crippen molar-refractivity contribution >= 4 is 39.9 Å². The maximum Gasteiger partial charge on any atom is 0.269 e. The molecule has 1 unspecified atom stereocenters. The number of carbonyl (C=O) groups is 1. The maximum atomic E-state index is 12.9. The van der Waals surface area contributed by atoms with Crippen LogP contribution in [0.15, 0.2) is 60.7 Å². The number of para-hydroxylation sites is 1. The second-order valence-electron chi connectivity index (χ2n) is 5.01. The van der Waals surface area contributed by atoms with Gasteiger partial charge in [0.05, 0.1) is 5.69 Å². The summed E-state index contributed by atoms with van der Waals surface area (Å²) < 4.78 is -0.517. The minimum absolute atomic E-state index is 0.264. The first-order valence-electron chi connectivity index (χ1n) is 6.71. The highest BCUT2D eigenvalue weighted by atomic mass is 32.2. The van der Waals surface area contributed by atoms with E-state index in [1.807, 2.05) is 43.3 Å². The molecule has 1 heterocycles. The van der Waals surface area contributed by atoms with Crippen molar-refractivity contribution in [1.29, 1.82) is 0 Å². The summed E-state index contributed by atoms with van der Waals surface area (Å²) in [5, 5.41) is 12.3. The van der Waals surface area contributed by atoms with Crippen LogP contribution in [0.5, 0.6) is 0 Å². The van der Waals surface area contributed by atoms with Crippen LogP contribution >= 0.6 is 24.0 Å². The molecule has 6 heteroatoms. The van der Waals surface area contributed by atoms with Crippen LogP contribution in [0.2, 0.25) is 0 Å². The molecule has 0 saturated carbocycles. The molecule has 0 aromatic heterocycles. The van der Waals surface area contributed by atoms with Gasteiger partial charge >= 0.3 is 0 Å². The number of rotatable bonds is 3. The van der Waals surface area contributed by atoms with Gasteiger partial charge in [0.1, 0.15) is 4.75 Å². The van der Waals surface area contributed by atoms with E-state index in [0.717, 1.165) is 15.7 Å². The van der Waals surface area contributed by atoms with E-state index in [9.17, 15) is 10.0 Å². The van der Waals surface area contributed by atoms with Crippen LogP contribution in [-0.2, 0) is 9.54 Å². The Morgan fingerprint density at radius 3 is 2.23 bits per heavy atom. The fraction of sp³-hybridized carbons (Fsp3) is 0.125. The molecule has 1 atom stereocenters. The molecule has 1 saturated heterocycles. The molecule has 1 aliphatic heterocycles. The van der Waals surface area contributed by atoms with Gasteiger partial charge in [0.2, 0.25) is 0 Å². The van der Waals surface area contributed by atoms with Gasteiger partial charge in [-0.05, 0) is 24.6 Å². The van der Waals surface area contributed by atoms with Crippen molar-refractivity contribution in [2.45, 2.75) is 11.7 Å². The van der Waals surface area contributed by atoms with Gasteiger partial charge in [0, 0.05) is 0 Å². The second-order valence-corrected chi connectivity index (χ2v) is 7.06. The first-order valence-corrected chi connectivity index (χ1v) is 7.93. The third-order valence-corrected chi connectivity index (χ3v) is 5.16. The van der Waals surface area contributed by atoms with Crippen molar-refractivity contribution in [1.82, 2.24) is 5.01 Å². The fourth-order valence-corrected chi connectivity index (χ4v) is 4.01. The van der Waals surface area contributed by atoms with E-state index in [2.05, 4.69) is 0 Å². The maximum absolute atomic E-state index is 12.9. The molecule has 1 aliphatic rings. The number of amides is 1. The van der Waals surface area contributed by atoms with Crippen LogP contribution in [0.25, 0.3) is 0 Å². The Kier molecular flexibility index (Phi) is 3.90. The van der Waals surface area contributed by atoms with Crippen LogP contribution in [0.4, 0.5) is 5.69 Å². The zero-order valence-corrected chi connectivity index (χ0v) is 13.5. The Hall–Kier alpha value is -1.89. The summed E-state index contributed by atoms with van der Waals surface area (Å²) in [5.41, 5.74) is 1.34. The Labute approximate surface area is 138 Å². The highest BCUT2D eigenvalue weighted by Crippen LogP contribution is 2.46. The molecule has 1 N–H and O–H groups in total. The summed E-state index contributed by atoms with van der Waals surface area (Å²) in [6.07, 6.45) is 0. The highest BCUT2D eigenvalue weighted by Gasteiger charge is 2.50. The average Bonchev–Trinajstić information content (AvgIpc) is 2.79. The number of hydrogen-bond donors (Lipinski definition) is 1. The normalized spacial score (nSPS) is 21.3. The third kappa shape index (κ3) is 2.39. The SMILES string of the molecule is CC1(c2ccccc2)SC(=S)N(N(O)c2ccccc2)C1=O. The Morgan fingerprint density at radius 1 is 1.09 bits per heavy atom. The molecule has 2 aromatic rings. The number of hydrogen-bond acceptors (Lipinski definition) is 5. The average molecular weight is 330 g/mol. The standard InChI is InChI=1S/C16H14N2O2S2/c1-16(12-8-4-2-5-9-12)14(19)17(15(21)22-16)18(20)13-10-6-3-7-11-13/h2-11,20H,1H3. The number of thioether (sulfide) groups is 1. The Bertz CT molecular complexity index is 709. The predicted octanol–water partition coefficient (Wildman–Crippen LogP) is 3.57. The molecule has 0 radical (unpaired) electrons. The van der Waals surface area contributed by atoms with E-state index in [0.29, 0.717) is 10.0 Å². The van der Waals surface area contributed by atoms with Gasteiger partial charge in [-0.3, -0.25) is 10.0 Å². The summed E-state index contributed by atoms with van der Waals surface area (Å²) in [4.78, 5) is 12.9. The van der Waals surface area contributed by atoms with E-state index in [1.165, 1.54) is 11.8 Å². The Balaban J connectivity index is 1.96. The molecule has 2 aromatic carbocycles. The van der Waals surface area contributed by atoms with Crippen LogP contribution in [0.1, 0.15) is 12.5 Å². The van der Waals surface area contributed by atoms with Gasteiger partial charge < -0.3 is 0 Å². The molecule has 4 nitrogen and oxygen atoms in total. The summed E-state index contributed by atoms with van der Waals surface area (Å²) in [7, 11) is 0. The van der Waals surface area contributed by atoms with Gasteiger partial charge in [-0.25, -0.2) is 0 Å². The van der Waals surface area contributed by atoms with E-state index in [1.54, 1.807) is 24.3 Å². The van der Waals surface area contributed by atoms with Gasteiger partial charge in [-0.1, -0.05) is 72.5 Å². The first kappa shape index (κ1) is 15.0. The van der Waals surface area contributed by atoms with Gasteiger partial charge in [0.25, 0.3) is 5.91 Å². The van der Waals surface area contributed by atoms with Crippen LogP contribution < -0.4 is 5.17 Å².